The second-order valence-corrected chi connectivity index (χ2v) is 9.05. The Kier molecular flexibility index (Phi) is 6.43. The number of aromatic nitrogens is 1. The summed E-state index contributed by atoms with van der Waals surface area (Å²) in [5.41, 5.74) is 5.70. The van der Waals surface area contributed by atoms with Gasteiger partial charge in [0.2, 0.25) is 4.80 Å². The summed E-state index contributed by atoms with van der Waals surface area (Å²) >= 11 is 5.13. The molecule has 1 unspecified atom stereocenters. The highest BCUT2D eigenvalue weighted by Crippen LogP contribution is 2.23. The van der Waals surface area contributed by atoms with Gasteiger partial charge in [-0.15, -0.1) is 11.3 Å². The predicted molar refractivity (Wildman–Crippen MR) is 124 cm³/mol. The van der Waals surface area contributed by atoms with Crippen LogP contribution >= 0.6 is 27.3 Å². The molecular weight excluding hydrogens is 446 g/mol. The van der Waals surface area contributed by atoms with Gasteiger partial charge >= 0.3 is 0 Å². The van der Waals surface area contributed by atoms with Gasteiger partial charge in [0, 0.05) is 22.0 Å². The molecule has 1 aliphatic heterocycles. The predicted octanol–water partition coefficient (Wildman–Crippen LogP) is 5.56. The van der Waals surface area contributed by atoms with Crippen molar-refractivity contribution < 1.29 is 4.74 Å². The first kappa shape index (κ1) is 20.3. The van der Waals surface area contributed by atoms with E-state index in [4.69, 9.17) is 14.8 Å². The van der Waals surface area contributed by atoms with E-state index in [1.807, 2.05) is 10.9 Å². The van der Waals surface area contributed by atoms with Gasteiger partial charge in [0.1, 0.15) is 0 Å². The van der Waals surface area contributed by atoms with E-state index in [1.165, 1.54) is 11.1 Å². The number of halogens is 1. The maximum absolute atomic E-state index is 5.74. The molecule has 3 aromatic rings. The van der Waals surface area contributed by atoms with E-state index in [0.717, 1.165) is 45.5 Å². The molecule has 1 saturated heterocycles. The van der Waals surface area contributed by atoms with Crippen LogP contribution in [0.25, 0.3) is 11.3 Å². The zero-order valence-electron chi connectivity index (χ0n) is 16.6. The molecule has 1 atom stereocenters. The number of nitrogens with zero attached hydrogens (tertiary/aromatic N) is 3. The van der Waals surface area contributed by atoms with E-state index in [1.54, 1.807) is 11.3 Å². The Morgan fingerprint density at radius 3 is 2.79 bits per heavy atom. The Bertz CT molecular complexity index is 1080. The summed E-state index contributed by atoms with van der Waals surface area (Å²) in [6.07, 6.45) is 4.37. The van der Waals surface area contributed by atoms with Crippen molar-refractivity contribution in [2.45, 2.75) is 32.8 Å². The molecule has 2 heterocycles. The van der Waals surface area contributed by atoms with Crippen molar-refractivity contribution in [3.8, 4) is 11.3 Å². The zero-order valence-corrected chi connectivity index (χ0v) is 19.0. The maximum atomic E-state index is 5.74. The summed E-state index contributed by atoms with van der Waals surface area (Å²) in [5.74, 6) is 0. The van der Waals surface area contributed by atoms with Crippen LogP contribution in [0, 0.1) is 13.8 Å². The molecule has 0 saturated carbocycles. The molecule has 6 heteroatoms. The highest BCUT2D eigenvalue weighted by atomic mass is 79.9. The van der Waals surface area contributed by atoms with Gasteiger partial charge in [-0.05, 0) is 49.9 Å². The summed E-state index contributed by atoms with van der Waals surface area (Å²) in [6.45, 7) is 5.74. The fourth-order valence-electron chi connectivity index (χ4n) is 3.33. The standard InChI is InChI=1S/C23H24BrN3OS/c1-16-5-6-17(2)19(12-16)13-26-27-22(18-7-9-20(24)10-8-18)15-29-23(27)25-14-21-4-3-11-28-21/h5-10,12-13,15,21H,3-4,11,14H2,1-2H3. The molecule has 2 aromatic carbocycles. The lowest BCUT2D eigenvalue weighted by molar-refractivity contribution is 0.117. The van der Waals surface area contributed by atoms with E-state index in [0.29, 0.717) is 6.54 Å². The first-order chi connectivity index (χ1) is 14.1. The van der Waals surface area contributed by atoms with E-state index in [-0.39, 0.29) is 6.10 Å². The monoisotopic (exact) mass is 469 g/mol. The van der Waals surface area contributed by atoms with Gasteiger partial charge in [-0.1, -0.05) is 51.8 Å². The Labute approximate surface area is 183 Å². The molecule has 0 radical (unpaired) electrons. The fraction of sp³-hybridized carbons (Fsp3) is 0.304. The van der Waals surface area contributed by atoms with Gasteiger partial charge in [0.05, 0.1) is 24.6 Å². The van der Waals surface area contributed by atoms with Crippen LogP contribution in [-0.4, -0.2) is 30.1 Å². The van der Waals surface area contributed by atoms with E-state index < -0.39 is 0 Å². The first-order valence-electron chi connectivity index (χ1n) is 9.80. The number of hydrogen-bond donors (Lipinski definition) is 0. The van der Waals surface area contributed by atoms with Crippen LogP contribution in [0.5, 0.6) is 0 Å². The topological polar surface area (TPSA) is 38.9 Å². The molecule has 0 N–H and O–H groups in total. The molecule has 1 aliphatic rings. The molecule has 0 spiro atoms. The Balaban J connectivity index is 1.74. The largest absolute Gasteiger partial charge is 0.376 e. The van der Waals surface area contributed by atoms with Crippen LogP contribution in [-0.2, 0) is 4.74 Å². The van der Waals surface area contributed by atoms with Crippen molar-refractivity contribution in [2.75, 3.05) is 13.2 Å². The molecule has 4 nitrogen and oxygen atoms in total. The van der Waals surface area contributed by atoms with Gasteiger partial charge in [0.15, 0.2) is 0 Å². The van der Waals surface area contributed by atoms with Crippen LogP contribution in [0.15, 0.2) is 62.4 Å². The van der Waals surface area contributed by atoms with Gasteiger partial charge < -0.3 is 4.74 Å². The van der Waals surface area contributed by atoms with Crippen molar-refractivity contribution in [3.63, 3.8) is 0 Å². The summed E-state index contributed by atoms with van der Waals surface area (Å²) in [6, 6.07) is 14.7. The van der Waals surface area contributed by atoms with Crippen LogP contribution in [0.3, 0.4) is 0 Å². The molecular formula is C23H24BrN3OS. The maximum Gasteiger partial charge on any atom is 0.206 e. The highest BCUT2D eigenvalue weighted by Gasteiger charge is 2.15. The highest BCUT2D eigenvalue weighted by molar-refractivity contribution is 9.10. The second kappa shape index (κ2) is 9.20. The second-order valence-electron chi connectivity index (χ2n) is 7.30. The number of rotatable bonds is 5. The van der Waals surface area contributed by atoms with Gasteiger partial charge in [-0.25, -0.2) is 4.68 Å². The average Bonchev–Trinajstić information content (AvgIpc) is 3.37. The van der Waals surface area contributed by atoms with E-state index in [9.17, 15) is 0 Å². The summed E-state index contributed by atoms with van der Waals surface area (Å²) in [4.78, 5) is 5.73. The molecule has 29 heavy (non-hydrogen) atoms. The number of benzene rings is 2. The van der Waals surface area contributed by atoms with Gasteiger partial charge in [-0.2, -0.15) is 5.10 Å². The molecule has 150 valence electrons. The van der Waals surface area contributed by atoms with E-state index in [2.05, 4.69) is 77.6 Å². The number of hydrogen-bond acceptors (Lipinski definition) is 4. The van der Waals surface area contributed by atoms with Crippen LogP contribution in [0.4, 0.5) is 0 Å². The summed E-state index contributed by atoms with van der Waals surface area (Å²) in [5, 5.41) is 6.96. The third-order valence-corrected chi connectivity index (χ3v) is 6.41. The molecule has 4 rings (SSSR count). The van der Waals surface area contributed by atoms with Crippen molar-refractivity contribution in [1.82, 2.24) is 4.68 Å². The normalized spacial score (nSPS) is 17.5. The molecule has 0 amide bonds. The lowest BCUT2D eigenvalue weighted by Gasteiger charge is -2.06. The van der Waals surface area contributed by atoms with Crippen LogP contribution < -0.4 is 4.80 Å². The minimum Gasteiger partial charge on any atom is -0.376 e. The third-order valence-electron chi connectivity index (χ3n) is 5.03. The quantitative estimate of drug-likeness (QED) is 0.450. The SMILES string of the molecule is Cc1ccc(C)c(C=Nn2c(-c3ccc(Br)cc3)csc2=NCC2CCCO2)c1. The average molecular weight is 470 g/mol. The third kappa shape index (κ3) is 4.94. The van der Waals surface area contributed by atoms with Crippen LogP contribution in [0.2, 0.25) is 0 Å². The summed E-state index contributed by atoms with van der Waals surface area (Å²) in [7, 11) is 0. The molecule has 1 aromatic heterocycles. The van der Waals surface area contributed by atoms with Gasteiger partial charge in [0.25, 0.3) is 0 Å². The molecule has 0 bridgehead atoms. The molecule has 1 fully saturated rings. The summed E-state index contributed by atoms with van der Waals surface area (Å²) < 4.78 is 8.74. The van der Waals surface area contributed by atoms with Crippen molar-refractivity contribution in [2.24, 2.45) is 10.1 Å². The lowest BCUT2D eigenvalue weighted by Crippen LogP contribution is -2.17. The van der Waals surface area contributed by atoms with Crippen molar-refractivity contribution in [3.05, 3.63) is 73.8 Å². The number of aryl methyl sites for hydroxylation is 2. The minimum absolute atomic E-state index is 0.227. The Morgan fingerprint density at radius 2 is 2.03 bits per heavy atom. The van der Waals surface area contributed by atoms with Crippen LogP contribution in [0.1, 0.15) is 29.5 Å². The Morgan fingerprint density at radius 1 is 1.21 bits per heavy atom. The van der Waals surface area contributed by atoms with E-state index >= 15 is 0 Å². The fourth-order valence-corrected chi connectivity index (χ4v) is 4.44. The lowest BCUT2D eigenvalue weighted by atomic mass is 10.1. The first-order valence-corrected chi connectivity index (χ1v) is 11.5. The Hall–Kier alpha value is -2.02. The van der Waals surface area contributed by atoms with Gasteiger partial charge in [-0.3, -0.25) is 4.99 Å². The minimum atomic E-state index is 0.227. The molecule has 0 aliphatic carbocycles. The smallest absolute Gasteiger partial charge is 0.206 e. The van der Waals surface area contributed by atoms with Crippen molar-refractivity contribution >= 4 is 33.5 Å². The van der Waals surface area contributed by atoms with Crippen molar-refractivity contribution in [1.29, 1.82) is 0 Å². The zero-order chi connectivity index (χ0) is 20.2. The number of thiazole rings is 1. The number of ether oxygens (including phenoxy) is 1.